The van der Waals surface area contributed by atoms with Crippen LogP contribution in [-0.2, 0) is 23.9 Å². The Balaban J connectivity index is 1.27. The molecule has 15 heteroatoms. The second-order valence-corrected chi connectivity index (χ2v) is 15.8. The van der Waals surface area contributed by atoms with Gasteiger partial charge in [-0.15, -0.1) is 11.3 Å². The van der Waals surface area contributed by atoms with Gasteiger partial charge < -0.3 is 0 Å². The lowest BCUT2D eigenvalue weighted by Gasteiger charge is -2.26. The zero-order valence-corrected chi connectivity index (χ0v) is 29.9. The van der Waals surface area contributed by atoms with Gasteiger partial charge in [0.1, 0.15) is 0 Å². The van der Waals surface area contributed by atoms with Gasteiger partial charge in [-0.3, -0.25) is 10.2 Å². The molecule has 1 amide bonds. The van der Waals surface area contributed by atoms with Gasteiger partial charge in [-0.2, -0.15) is 18.3 Å². The summed E-state index contributed by atoms with van der Waals surface area (Å²) >= 11 is 12.8. The number of hydrazine groups is 1. The number of benzene rings is 2. The Kier molecular flexibility index (Phi) is 10.4. The van der Waals surface area contributed by atoms with Gasteiger partial charge in [0.15, 0.2) is 16.9 Å². The lowest BCUT2D eigenvalue weighted by Crippen LogP contribution is -2.45. The molecule has 2 aromatic heterocycles. The van der Waals surface area contributed by atoms with Crippen molar-refractivity contribution in [1.29, 1.82) is 0 Å². The van der Waals surface area contributed by atoms with Crippen LogP contribution in [-0.4, -0.2) is 54.9 Å². The maximum Gasteiger partial charge on any atom is 0.416 e. The van der Waals surface area contributed by atoms with Crippen molar-refractivity contribution < 1.29 is 22.2 Å². The zero-order chi connectivity index (χ0) is 35.0. The summed E-state index contributed by atoms with van der Waals surface area (Å²) in [4.78, 5) is 15.3. The molecular weight excluding hydrogens is 728 g/mol. The molecule has 0 radical (unpaired) electrons. The first kappa shape index (κ1) is 35.2. The smallest absolute Gasteiger partial charge is 0.283 e. The first-order chi connectivity index (χ1) is 24.0. The predicted molar refractivity (Wildman–Crippen MR) is 190 cm³/mol. The molecular formula is C35H33Cl2F3N6O2S2. The van der Waals surface area contributed by atoms with E-state index in [0.29, 0.717) is 48.2 Å². The van der Waals surface area contributed by atoms with Crippen LogP contribution in [0.5, 0.6) is 0 Å². The van der Waals surface area contributed by atoms with E-state index in [4.69, 9.17) is 28.3 Å². The van der Waals surface area contributed by atoms with Crippen molar-refractivity contribution in [3.05, 3.63) is 91.9 Å². The largest absolute Gasteiger partial charge is 0.416 e. The van der Waals surface area contributed by atoms with Gasteiger partial charge in [0.25, 0.3) is 5.91 Å². The van der Waals surface area contributed by atoms with Crippen molar-refractivity contribution in [2.45, 2.75) is 57.3 Å². The number of thiophene rings is 1. The third kappa shape index (κ3) is 7.67. The van der Waals surface area contributed by atoms with Crippen LogP contribution in [0.2, 0.25) is 10.0 Å². The summed E-state index contributed by atoms with van der Waals surface area (Å²) < 4.78 is 59.5. The van der Waals surface area contributed by atoms with Crippen LogP contribution in [0.25, 0.3) is 16.3 Å². The fourth-order valence-corrected chi connectivity index (χ4v) is 9.44. The van der Waals surface area contributed by atoms with Crippen LogP contribution in [0.15, 0.2) is 54.6 Å². The minimum atomic E-state index is -4.43. The van der Waals surface area contributed by atoms with Crippen LogP contribution in [0, 0.1) is 17.8 Å². The van der Waals surface area contributed by atoms with Crippen LogP contribution in [0.4, 0.5) is 13.2 Å². The highest BCUT2D eigenvalue weighted by molar-refractivity contribution is 7.80. The van der Waals surface area contributed by atoms with Gasteiger partial charge in [-0.1, -0.05) is 41.5 Å². The first-order valence-electron chi connectivity index (χ1n) is 16.4. The summed E-state index contributed by atoms with van der Waals surface area (Å²) in [5.41, 5.74) is 4.48. The molecule has 2 N–H and O–H groups in total. The topological polar surface area (TPSA) is 82.5 Å². The molecule has 2 aliphatic heterocycles. The van der Waals surface area contributed by atoms with Crippen molar-refractivity contribution in [2.75, 3.05) is 19.6 Å². The molecule has 8 nitrogen and oxygen atoms in total. The fourth-order valence-electron chi connectivity index (χ4n) is 6.79. The molecule has 2 aromatic carbocycles. The highest BCUT2D eigenvalue weighted by Crippen LogP contribution is 2.39. The number of halogens is 5. The number of fused-ring (bicyclic) bond motifs is 2. The molecule has 3 atom stereocenters. The average molecular weight is 762 g/mol. The summed E-state index contributed by atoms with van der Waals surface area (Å²) in [6.45, 7) is 2.30. The van der Waals surface area contributed by atoms with E-state index in [2.05, 4.69) is 22.0 Å². The Hall–Kier alpha value is -3.22. The number of nitrogens with one attached hydrogen (secondary N) is 2. The minimum absolute atomic E-state index is 0.0776. The molecule has 4 heterocycles. The Morgan fingerprint density at radius 2 is 1.80 bits per heavy atom. The first-order valence-corrected chi connectivity index (χ1v) is 19.1. The molecule has 1 saturated carbocycles. The highest BCUT2D eigenvalue weighted by Gasteiger charge is 2.41. The van der Waals surface area contributed by atoms with Gasteiger partial charge in [-0.05, 0) is 92.6 Å². The number of nitrogens with zero attached hydrogens (tertiary/aromatic N) is 4. The van der Waals surface area contributed by atoms with E-state index >= 15 is 0 Å². The summed E-state index contributed by atoms with van der Waals surface area (Å²) in [6.07, 6.45) is 1.82. The van der Waals surface area contributed by atoms with Crippen LogP contribution in [0.3, 0.4) is 0 Å². The number of aromatic nitrogens is 2. The van der Waals surface area contributed by atoms with E-state index in [1.807, 2.05) is 21.4 Å². The number of carbonyl (C=O) groups is 1. The second-order valence-electron chi connectivity index (χ2n) is 12.7. The van der Waals surface area contributed by atoms with Crippen molar-refractivity contribution >= 4 is 51.6 Å². The van der Waals surface area contributed by atoms with Crippen molar-refractivity contribution in [3.63, 3.8) is 0 Å². The van der Waals surface area contributed by atoms with Gasteiger partial charge >= 0.3 is 6.18 Å². The number of piperidine rings is 2. The standard InChI is InChI=1S/C35H33Cl2F3N6O2S2/c36-25-10-14-30(29(37)19-25)46-33(31-15-13-27(49-31)12-7-22-4-8-24(9-5-22)35(38,39)40)28(20-41-50(48)45-21-23-6-11-26(45)18-23)32(42-46)34(47)43-44-16-2-1-3-17-44/h4-5,8-10,13-15,19,23,26,41H,1-3,6,11,16-18,20-21H2,(H,43,47). The number of alkyl halides is 3. The molecule has 1 aliphatic carbocycles. The SMILES string of the molecule is O=C(NN1CCCCC1)c1nn(-c2ccc(Cl)cc2Cl)c(-c2ccc(C#Cc3ccc(C(F)(F)F)cc3)s2)c1CNS(=O)N1CC2CCC1C2. The summed E-state index contributed by atoms with van der Waals surface area (Å²) in [5.74, 6) is 6.15. The minimum Gasteiger partial charge on any atom is -0.283 e. The molecule has 50 heavy (non-hydrogen) atoms. The number of hydrogen-bond acceptors (Lipinski definition) is 5. The average Bonchev–Trinajstić information content (AvgIpc) is 3.91. The van der Waals surface area contributed by atoms with Gasteiger partial charge in [0, 0.05) is 48.4 Å². The van der Waals surface area contributed by atoms with E-state index < -0.39 is 28.8 Å². The molecule has 3 fully saturated rings. The Morgan fingerprint density at radius 1 is 1.02 bits per heavy atom. The highest BCUT2D eigenvalue weighted by atomic mass is 35.5. The zero-order valence-electron chi connectivity index (χ0n) is 26.7. The molecule has 4 aromatic rings. The summed E-state index contributed by atoms with van der Waals surface area (Å²) in [7, 11) is 0. The third-order valence-electron chi connectivity index (χ3n) is 9.28. The molecule has 7 rings (SSSR count). The lowest BCUT2D eigenvalue weighted by atomic mass is 10.1. The number of rotatable bonds is 8. The number of carbonyl (C=O) groups excluding carboxylic acids is 1. The molecule has 262 valence electrons. The fraction of sp³-hybridized carbons (Fsp3) is 0.371. The maximum absolute atomic E-state index is 14.0. The van der Waals surface area contributed by atoms with Crippen molar-refractivity contribution in [2.24, 2.45) is 5.92 Å². The Bertz CT molecular complexity index is 1980. The quantitative estimate of drug-likeness (QED) is 0.181. The van der Waals surface area contributed by atoms with Gasteiger partial charge in [-0.25, -0.2) is 22.9 Å². The maximum atomic E-state index is 14.0. The van der Waals surface area contributed by atoms with E-state index in [1.165, 1.54) is 23.5 Å². The van der Waals surface area contributed by atoms with Gasteiger partial charge in [0.05, 0.1) is 31.7 Å². The molecule has 2 saturated heterocycles. The summed E-state index contributed by atoms with van der Waals surface area (Å²) in [5, 5.41) is 7.49. The second kappa shape index (κ2) is 14.8. The van der Waals surface area contributed by atoms with Gasteiger partial charge in [0.2, 0.25) is 0 Å². The van der Waals surface area contributed by atoms with E-state index in [-0.39, 0.29) is 18.3 Å². The number of amides is 1. The monoisotopic (exact) mass is 760 g/mol. The molecule has 0 spiro atoms. The van der Waals surface area contributed by atoms with Crippen LogP contribution in [0.1, 0.15) is 70.6 Å². The molecule has 3 aliphatic rings. The van der Waals surface area contributed by atoms with E-state index in [0.717, 1.165) is 70.3 Å². The molecule has 3 unspecified atom stereocenters. The third-order valence-corrected chi connectivity index (χ3v) is 12.1. The normalized spacial score (nSPS) is 20.1. The number of hydrogen-bond donors (Lipinski definition) is 2. The van der Waals surface area contributed by atoms with Crippen LogP contribution >= 0.6 is 34.5 Å². The Morgan fingerprint density at radius 3 is 2.48 bits per heavy atom. The molecule has 2 bridgehead atoms. The van der Waals surface area contributed by atoms with E-state index in [9.17, 15) is 22.2 Å². The summed E-state index contributed by atoms with van der Waals surface area (Å²) in [6, 6.07) is 13.6. The van der Waals surface area contributed by atoms with Crippen molar-refractivity contribution in [1.82, 2.24) is 29.2 Å². The lowest BCUT2D eigenvalue weighted by molar-refractivity contribution is -0.137. The predicted octanol–water partition coefficient (Wildman–Crippen LogP) is 7.61. The Labute approximate surface area is 304 Å². The van der Waals surface area contributed by atoms with Crippen LogP contribution < -0.4 is 10.1 Å². The van der Waals surface area contributed by atoms with E-state index in [1.54, 1.807) is 22.9 Å². The van der Waals surface area contributed by atoms with Crippen molar-refractivity contribution in [3.8, 4) is 28.1 Å².